The Bertz CT molecular complexity index is 74.6. The minimum absolute atomic E-state index is 0.606. The van der Waals surface area contributed by atoms with Crippen molar-refractivity contribution in [2.75, 3.05) is 6.54 Å². The number of hydrogen-bond acceptors (Lipinski definition) is 2. The van der Waals surface area contributed by atoms with Crippen molar-refractivity contribution in [2.24, 2.45) is 0 Å². The van der Waals surface area contributed by atoms with Crippen LogP contribution in [0.2, 0.25) is 0 Å². The van der Waals surface area contributed by atoms with Crippen LogP contribution in [0.25, 0.3) is 0 Å². The van der Waals surface area contributed by atoms with Crippen molar-refractivity contribution >= 4 is 0 Å². The fourth-order valence-electron chi connectivity index (χ4n) is 1.34. The first kappa shape index (κ1) is 6.05. The standard InChI is InChI=1S/C6H14N2/c1-4-8-5(2)7-6(8)3/h5-7H,4H2,1-3H3. The second-order valence-corrected chi connectivity index (χ2v) is 2.35. The number of hydrogen-bond donors (Lipinski definition) is 1. The van der Waals surface area contributed by atoms with Crippen LogP contribution in [0.1, 0.15) is 20.8 Å². The molecular weight excluding hydrogens is 100 g/mol. The van der Waals surface area contributed by atoms with Crippen LogP contribution in [-0.2, 0) is 0 Å². The zero-order valence-electron chi connectivity index (χ0n) is 5.81. The molecule has 1 saturated heterocycles. The third-order valence-corrected chi connectivity index (χ3v) is 1.84. The zero-order valence-corrected chi connectivity index (χ0v) is 5.81. The van der Waals surface area contributed by atoms with E-state index < -0.39 is 0 Å². The quantitative estimate of drug-likeness (QED) is 0.537. The van der Waals surface area contributed by atoms with E-state index in [4.69, 9.17) is 0 Å². The molecule has 2 nitrogen and oxygen atoms in total. The normalized spacial score (nSPS) is 39.4. The van der Waals surface area contributed by atoms with Crippen LogP contribution in [0.5, 0.6) is 0 Å². The molecule has 1 heterocycles. The number of nitrogens with one attached hydrogen (secondary N) is 1. The van der Waals surface area contributed by atoms with Gasteiger partial charge in [-0.2, -0.15) is 0 Å². The van der Waals surface area contributed by atoms with Gasteiger partial charge in [-0.05, 0) is 20.4 Å². The Balaban J connectivity index is 2.29. The monoisotopic (exact) mass is 114 g/mol. The second-order valence-electron chi connectivity index (χ2n) is 2.35. The van der Waals surface area contributed by atoms with Crippen molar-refractivity contribution in [1.29, 1.82) is 0 Å². The molecule has 0 aliphatic carbocycles. The highest BCUT2D eigenvalue weighted by Gasteiger charge is 2.28. The minimum atomic E-state index is 0.606. The Labute approximate surface area is 50.9 Å². The summed E-state index contributed by atoms with van der Waals surface area (Å²) in [6.45, 7) is 7.72. The van der Waals surface area contributed by atoms with E-state index in [9.17, 15) is 0 Å². The van der Waals surface area contributed by atoms with Gasteiger partial charge in [-0.25, -0.2) is 0 Å². The molecular formula is C6H14N2. The third-order valence-electron chi connectivity index (χ3n) is 1.84. The SMILES string of the molecule is CCN1C(C)NC1C. The molecule has 0 bridgehead atoms. The predicted molar refractivity (Wildman–Crippen MR) is 34.4 cm³/mol. The molecule has 1 aliphatic heterocycles. The fourth-order valence-corrected chi connectivity index (χ4v) is 1.34. The van der Waals surface area contributed by atoms with Gasteiger partial charge in [0.1, 0.15) is 0 Å². The fraction of sp³-hybridized carbons (Fsp3) is 1.00. The Hall–Kier alpha value is -0.0800. The van der Waals surface area contributed by atoms with Crippen molar-refractivity contribution < 1.29 is 0 Å². The highest BCUT2D eigenvalue weighted by Crippen LogP contribution is 2.10. The van der Waals surface area contributed by atoms with Crippen LogP contribution in [-0.4, -0.2) is 23.8 Å². The van der Waals surface area contributed by atoms with Crippen molar-refractivity contribution in [3.05, 3.63) is 0 Å². The van der Waals surface area contributed by atoms with Crippen LogP contribution < -0.4 is 5.32 Å². The average molecular weight is 114 g/mol. The lowest BCUT2D eigenvalue weighted by Crippen LogP contribution is -2.66. The van der Waals surface area contributed by atoms with Gasteiger partial charge >= 0.3 is 0 Å². The van der Waals surface area contributed by atoms with Gasteiger partial charge in [0.05, 0.1) is 12.3 Å². The Morgan fingerprint density at radius 1 is 1.38 bits per heavy atom. The van der Waals surface area contributed by atoms with E-state index in [0.717, 1.165) is 6.54 Å². The lowest BCUT2D eigenvalue weighted by atomic mass is 10.2. The van der Waals surface area contributed by atoms with Crippen molar-refractivity contribution in [2.45, 2.75) is 33.1 Å². The third kappa shape index (κ3) is 0.740. The Morgan fingerprint density at radius 3 is 2.00 bits per heavy atom. The number of rotatable bonds is 1. The van der Waals surface area contributed by atoms with E-state index in [2.05, 4.69) is 31.0 Å². The van der Waals surface area contributed by atoms with Crippen LogP contribution >= 0.6 is 0 Å². The number of nitrogens with zero attached hydrogens (tertiary/aromatic N) is 1. The van der Waals surface area contributed by atoms with E-state index in [-0.39, 0.29) is 0 Å². The zero-order chi connectivity index (χ0) is 6.15. The van der Waals surface area contributed by atoms with Crippen LogP contribution in [0.3, 0.4) is 0 Å². The summed E-state index contributed by atoms with van der Waals surface area (Å²) in [4.78, 5) is 2.40. The van der Waals surface area contributed by atoms with Crippen molar-refractivity contribution in [1.82, 2.24) is 10.2 Å². The first-order chi connectivity index (χ1) is 3.75. The average Bonchev–Trinajstić information content (AvgIpc) is 1.67. The summed E-state index contributed by atoms with van der Waals surface area (Å²) in [5.41, 5.74) is 0. The lowest BCUT2D eigenvalue weighted by molar-refractivity contribution is 0.000261. The molecule has 2 atom stereocenters. The molecule has 2 unspecified atom stereocenters. The highest BCUT2D eigenvalue weighted by atomic mass is 15.5. The van der Waals surface area contributed by atoms with Gasteiger partial charge in [-0.3, -0.25) is 10.2 Å². The van der Waals surface area contributed by atoms with Gasteiger partial charge in [0, 0.05) is 0 Å². The summed E-state index contributed by atoms with van der Waals surface area (Å²) < 4.78 is 0. The van der Waals surface area contributed by atoms with E-state index in [1.165, 1.54) is 0 Å². The molecule has 1 fully saturated rings. The van der Waals surface area contributed by atoms with Gasteiger partial charge < -0.3 is 0 Å². The maximum Gasteiger partial charge on any atom is 0.0593 e. The van der Waals surface area contributed by atoms with Gasteiger partial charge in [0.2, 0.25) is 0 Å². The van der Waals surface area contributed by atoms with Crippen LogP contribution in [0.4, 0.5) is 0 Å². The molecule has 0 aromatic carbocycles. The maximum atomic E-state index is 3.33. The van der Waals surface area contributed by atoms with E-state index in [1.807, 2.05) is 0 Å². The molecule has 0 aromatic rings. The van der Waals surface area contributed by atoms with Gasteiger partial charge in [0.25, 0.3) is 0 Å². The van der Waals surface area contributed by atoms with E-state index in [1.54, 1.807) is 0 Å². The molecule has 1 aliphatic rings. The van der Waals surface area contributed by atoms with Gasteiger partial charge in [-0.1, -0.05) is 6.92 Å². The Kier molecular flexibility index (Phi) is 1.54. The second kappa shape index (κ2) is 2.03. The van der Waals surface area contributed by atoms with Gasteiger partial charge in [0.15, 0.2) is 0 Å². The first-order valence-electron chi connectivity index (χ1n) is 3.27. The molecule has 1 N–H and O–H groups in total. The molecule has 0 aromatic heterocycles. The maximum absolute atomic E-state index is 3.33. The summed E-state index contributed by atoms with van der Waals surface area (Å²) in [7, 11) is 0. The summed E-state index contributed by atoms with van der Waals surface area (Å²) in [5, 5.41) is 3.33. The summed E-state index contributed by atoms with van der Waals surface area (Å²) >= 11 is 0. The largest absolute Gasteiger partial charge is 0.287 e. The summed E-state index contributed by atoms with van der Waals surface area (Å²) in [6.07, 6.45) is 1.21. The molecule has 8 heavy (non-hydrogen) atoms. The van der Waals surface area contributed by atoms with E-state index >= 15 is 0 Å². The minimum Gasteiger partial charge on any atom is -0.287 e. The molecule has 48 valence electrons. The molecule has 0 saturated carbocycles. The molecule has 0 spiro atoms. The summed E-state index contributed by atoms with van der Waals surface area (Å²) in [5.74, 6) is 0. The van der Waals surface area contributed by atoms with E-state index in [0.29, 0.717) is 12.3 Å². The molecule has 0 radical (unpaired) electrons. The molecule has 0 amide bonds. The highest BCUT2D eigenvalue weighted by molar-refractivity contribution is 4.79. The molecule has 1 rings (SSSR count). The van der Waals surface area contributed by atoms with Crippen molar-refractivity contribution in [3.8, 4) is 0 Å². The topological polar surface area (TPSA) is 15.3 Å². The first-order valence-corrected chi connectivity index (χ1v) is 3.27. The lowest BCUT2D eigenvalue weighted by Gasteiger charge is -2.46. The summed E-state index contributed by atoms with van der Waals surface area (Å²) in [6, 6.07) is 0. The smallest absolute Gasteiger partial charge is 0.0593 e. The predicted octanol–water partition coefficient (Wildman–Crippen LogP) is 0.604. The van der Waals surface area contributed by atoms with Crippen LogP contribution in [0.15, 0.2) is 0 Å². The Morgan fingerprint density at radius 2 is 1.88 bits per heavy atom. The van der Waals surface area contributed by atoms with Gasteiger partial charge in [-0.15, -0.1) is 0 Å². The molecule has 2 heteroatoms. The van der Waals surface area contributed by atoms with Crippen molar-refractivity contribution in [3.63, 3.8) is 0 Å². The van der Waals surface area contributed by atoms with Crippen LogP contribution in [0, 0.1) is 0 Å².